The number of nitrogens with zero attached hydrogens (tertiary/aromatic N) is 1. The van der Waals surface area contributed by atoms with E-state index in [1.165, 1.54) is 0 Å². The summed E-state index contributed by atoms with van der Waals surface area (Å²) in [7, 11) is 0. The van der Waals surface area contributed by atoms with E-state index in [4.69, 9.17) is 16.3 Å². The number of carbonyl (C=O) groups excluding carboxylic acids is 3. The molecule has 6 nitrogen and oxygen atoms in total. The van der Waals surface area contributed by atoms with Gasteiger partial charge in [-0.25, -0.2) is 0 Å². The van der Waals surface area contributed by atoms with Gasteiger partial charge in [-0.05, 0) is 55.2 Å². The summed E-state index contributed by atoms with van der Waals surface area (Å²) in [6.45, 7) is 0.321. The summed E-state index contributed by atoms with van der Waals surface area (Å²) in [6, 6.07) is 14.3. The van der Waals surface area contributed by atoms with Gasteiger partial charge in [-0.3, -0.25) is 14.4 Å². The predicted molar refractivity (Wildman–Crippen MR) is 115 cm³/mol. The highest BCUT2D eigenvalue weighted by molar-refractivity contribution is 6.30. The summed E-state index contributed by atoms with van der Waals surface area (Å²) in [5, 5.41) is 3.35. The molecule has 156 valence electrons. The lowest BCUT2D eigenvalue weighted by Crippen LogP contribution is -2.44. The first-order valence-corrected chi connectivity index (χ1v) is 10.5. The van der Waals surface area contributed by atoms with Crippen molar-refractivity contribution in [1.82, 2.24) is 0 Å². The predicted octanol–water partition coefficient (Wildman–Crippen LogP) is 4.07. The van der Waals surface area contributed by atoms with E-state index in [1.54, 1.807) is 35.2 Å². The van der Waals surface area contributed by atoms with E-state index in [0.29, 0.717) is 36.5 Å². The van der Waals surface area contributed by atoms with Crippen LogP contribution in [0.2, 0.25) is 5.02 Å². The third-order valence-electron chi connectivity index (χ3n) is 5.84. The lowest BCUT2D eigenvalue weighted by molar-refractivity contribution is -0.156. The van der Waals surface area contributed by atoms with E-state index in [9.17, 15) is 14.4 Å². The molecule has 2 aliphatic rings. The first-order valence-electron chi connectivity index (χ1n) is 10.1. The Morgan fingerprint density at radius 2 is 1.87 bits per heavy atom. The van der Waals surface area contributed by atoms with Gasteiger partial charge in [0.2, 0.25) is 5.91 Å². The smallest absolute Gasteiger partial charge is 0.317 e. The zero-order valence-corrected chi connectivity index (χ0v) is 17.3. The molecule has 1 aliphatic carbocycles. The zero-order valence-electron chi connectivity index (χ0n) is 16.5. The van der Waals surface area contributed by atoms with Crippen molar-refractivity contribution in [3.63, 3.8) is 0 Å². The van der Waals surface area contributed by atoms with Crippen LogP contribution >= 0.6 is 11.6 Å². The minimum Gasteiger partial charge on any atom is -0.455 e. The van der Waals surface area contributed by atoms with Crippen molar-refractivity contribution in [2.24, 2.45) is 0 Å². The van der Waals surface area contributed by atoms with Gasteiger partial charge in [-0.1, -0.05) is 36.2 Å². The quantitative estimate of drug-likeness (QED) is 0.706. The van der Waals surface area contributed by atoms with Gasteiger partial charge in [-0.15, -0.1) is 0 Å². The molecule has 2 amide bonds. The topological polar surface area (TPSA) is 75.7 Å². The number of hydrogen-bond acceptors (Lipinski definition) is 4. The summed E-state index contributed by atoms with van der Waals surface area (Å²) >= 11 is 5.95. The molecule has 0 radical (unpaired) electrons. The Morgan fingerprint density at radius 3 is 2.50 bits per heavy atom. The average Bonchev–Trinajstić information content (AvgIpc) is 3.13. The van der Waals surface area contributed by atoms with Crippen LogP contribution < -0.4 is 10.2 Å². The number of carbonyl (C=O) groups is 3. The minimum absolute atomic E-state index is 0.0837. The molecular weight excluding hydrogens is 404 g/mol. The molecule has 2 fully saturated rings. The molecule has 30 heavy (non-hydrogen) atoms. The molecule has 4 rings (SSSR count). The zero-order chi connectivity index (χ0) is 21.1. The van der Waals surface area contributed by atoms with Crippen LogP contribution in [-0.4, -0.2) is 30.9 Å². The largest absolute Gasteiger partial charge is 0.455 e. The molecule has 0 aromatic heterocycles. The highest BCUT2D eigenvalue weighted by atomic mass is 35.5. The van der Waals surface area contributed by atoms with Crippen LogP contribution in [-0.2, 0) is 24.5 Å². The number of ether oxygens (including phenoxy) is 1. The molecule has 2 aromatic rings. The van der Waals surface area contributed by atoms with Crippen molar-refractivity contribution in [1.29, 1.82) is 0 Å². The van der Waals surface area contributed by atoms with Crippen LogP contribution in [0.15, 0.2) is 48.5 Å². The Labute approximate surface area is 180 Å². The van der Waals surface area contributed by atoms with Gasteiger partial charge in [0.25, 0.3) is 5.91 Å². The second-order valence-corrected chi connectivity index (χ2v) is 8.20. The maximum atomic E-state index is 12.8. The lowest BCUT2D eigenvalue weighted by atomic mass is 9.64. The van der Waals surface area contributed by atoms with Gasteiger partial charge in [0.1, 0.15) is 0 Å². The molecule has 7 heteroatoms. The maximum Gasteiger partial charge on any atom is 0.317 e. The summed E-state index contributed by atoms with van der Waals surface area (Å²) in [5.74, 6) is -0.720. The normalized spacial score (nSPS) is 17.4. The van der Waals surface area contributed by atoms with Gasteiger partial charge in [-0.2, -0.15) is 0 Å². The number of nitrogens with one attached hydrogen (secondary N) is 1. The summed E-state index contributed by atoms with van der Waals surface area (Å²) < 4.78 is 5.37. The number of rotatable bonds is 6. The van der Waals surface area contributed by atoms with Crippen molar-refractivity contribution in [2.75, 3.05) is 23.4 Å². The fourth-order valence-corrected chi connectivity index (χ4v) is 4.17. The lowest BCUT2D eigenvalue weighted by Gasteiger charge is -2.39. The first kappa shape index (κ1) is 20.4. The molecule has 1 N–H and O–H groups in total. The number of amides is 2. The monoisotopic (exact) mass is 426 g/mol. The highest BCUT2D eigenvalue weighted by Gasteiger charge is 2.47. The number of halogens is 1. The molecule has 1 saturated carbocycles. The van der Waals surface area contributed by atoms with E-state index in [1.807, 2.05) is 18.2 Å². The molecule has 0 atom stereocenters. The Kier molecular flexibility index (Phi) is 5.77. The fraction of sp³-hybridized carbons (Fsp3) is 0.348. The Hall–Kier alpha value is -2.86. The van der Waals surface area contributed by atoms with E-state index in [-0.39, 0.29) is 18.5 Å². The van der Waals surface area contributed by atoms with Gasteiger partial charge in [0, 0.05) is 29.4 Å². The Balaban J connectivity index is 1.36. The second kappa shape index (κ2) is 8.48. The summed E-state index contributed by atoms with van der Waals surface area (Å²) in [6.07, 6.45) is 3.70. The van der Waals surface area contributed by atoms with Gasteiger partial charge in [0.15, 0.2) is 6.61 Å². The van der Waals surface area contributed by atoms with Gasteiger partial charge >= 0.3 is 5.97 Å². The van der Waals surface area contributed by atoms with E-state index in [2.05, 4.69) is 5.32 Å². The first-order chi connectivity index (χ1) is 14.5. The van der Waals surface area contributed by atoms with Crippen molar-refractivity contribution < 1.29 is 19.1 Å². The molecule has 1 saturated heterocycles. The van der Waals surface area contributed by atoms with E-state index in [0.717, 1.165) is 24.1 Å². The Morgan fingerprint density at radius 1 is 1.10 bits per heavy atom. The summed E-state index contributed by atoms with van der Waals surface area (Å²) in [4.78, 5) is 38.7. The minimum atomic E-state index is -0.694. The number of anilines is 2. The van der Waals surface area contributed by atoms with Crippen molar-refractivity contribution in [3.8, 4) is 0 Å². The van der Waals surface area contributed by atoms with Crippen LogP contribution in [0.4, 0.5) is 11.4 Å². The highest BCUT2D eigenvalue weighted by Crippen LogP contribution is 2.45. The van der Waals surface area contributed by atoms with Crippen molar-refractivity contribution in [2.45, 2.75) is 37.5 Å². The molecule has 2 aromatic carbocycles. The third kappa shape index (κ3) is 4.05. The fourth-order valence-electron chi connectivity index (χ4n) is 4.05. The second-order valence-electron chi connectivity index (χ2n) is 7.77. The molecular formula is C23H23ClN2O4. The van der Waals surface area contributed by atoms with Gasteiger partial charge in [0.05, 0.1) is 5.41 Å². The maximum absolute atomic E-state index is 12.8. The van der Waals surface area contributed by atoms with Crippen LogP contribution in [0.1, 0.15) is 37.7 Å². The number of benzene rings is 2. The molecule has 1 aliphatic heterocycles. The van der Waals surface area contributed by atoms with E-state index >= 15 is 0 Å². The third-order valence-corrected chi connectivity index (χ3v) is 6.10. The molecule has 0 spiro atoms. The van der Waals surface area contributed by atoms with Crippen LogP contribution in [0.5, 0.6) is 0 Å². The van der Waals surface area contributed by atoms with Crippen LogP contribution in [0.3, 0.4) is 0 Å². The number of esters is 1. The van der Waals surface area contributed by atoms with E-state index < -0.39 is 11.3 Å². The van der Waals surface area contributed by atoms with Crippen molar-refractivity contribution in [3.05, 3.63) is 59.1 Å². The molecule has 0 unspecified atom stereocenters. The van der Waals surface area contributed by atoms with Gasteiger partial charge < -0.3 is 15.0 Å². The average molecular weight is 427 g/mol. The molecule has 0 bridgehead atoms. The number of hydrogen-bond donors (Lipinski definition) is 1. The SMILES string of the molecule is O=C(COC(=O)C1(c2ccc(Cl)cc2)CCC1)Nc1cccc(N2CCCC2=O)c1. The molecule has 1 heterocycles. The van der Waals surface area contributed by atoms with Crippen molar-refractivity contribution >= 4 is 40.8 Å². The summed E-state index contributed by atoms with van der Waals surface area (Å²) in [5.41, 5.74) is 1.49. The standard InChI is InChI=1S/C23H23ClN2O4/c24-17-9-7-16(8-10-17)23(11-3-12-23)22(29)30-15-20(27)25-18-4-1-5-19(14-18)26-13-2-6-21(26)28/h1,4-5,7-10,14H,2-3,6,11-13,15H2,(H,25,27). The van der Waals surface area contributed by atoms with Crippen LogP contribution in [0.25, 0.3) is 0 Å². The van der Waals surface area contributed by atoms with Crippen LogP contribution in [0, 0.1) is 0 Å². The Bertz CT molecular complexity index is 969.